The largest absolute Gasteiger partial charge is 0.392 e. The molecule has 31 heavy (non-hydrogen) atoms. The lowest BCUT2D eigenvalue weighted by atomic mass is 9.35. The first kappa shape index (κ1) is 20.8. The van der Waals surface area contributed by atoms with E-state index in [9.17, 15) is 5.11 Å². The predicted octanol–water partition coefficient (Wildman–Crippen LogP) is 7.47. The van der Waals surface area contributed by atoms with Crippen LogP contribution < -0.4 is 0 Å². The maximum atomic E-state index is 12.0. The van der Waals surface area contributed by atoms with Crippen molar-refractivity contribution in [3.63, 3.8) is 0 Å². The summed E-state index contributed by atoms with van der Waals surface area (Å²) in [5, 5.41) is 12.0. The van der Waals surface area contributed by atoms with Gasteiger partial charge in [-0.1, -0.05) is 75.0 Å². The molecule has 0 heterocycles. The Hall–Kier alpha value is -0.820. The van der Waals surface area contributed by atoms with Gasteiger partial charge in [-0.2, -0.15) is 0 Å². The molecule has 6 bridgehead atoms. The maximum Gasteiger partial charge on any atom is 0.0653 e. The van der Waals surface area contributed by atoms with Gasteiger partial charge in [0.15, 0.2) is 0 Å². The van der Waals surface area contributed by atoms with Crippen LogP contribution in [0.1, 0.15) is 94.4 Å². The first-order chi connectivity index (χ1) is 14.3. The second kappa shape index (κ2) is 5.63. The Morgan fingerprint density at radius 3 is 1.77 bits per heavy atom. The summed E-state index contributed by atoms with van der Waals surface area (Å²) >= 11 is 0. The summed E-state index contributed by atoms with van der Waals surface area (Å²) in [7, 11) is 0. The highest BCUT2D eigenvalue weighted by molar-refractivity contribution is 5.49. The molecule has 0 amide bonds. The average molecular weight is 421 g/mol. The molecule has 1 heteroatoms. The van der Waals surface area contributed by atoms with Gasteiger partial charge >= 0.3 is 0 Å². The summed E-state index contributed by atoms with van der Waals surface area (Å²) < 4.78 is 0. The molecule has 0 aromatic heterocycles. The third-order valence-electron chi connectivity index (χ3n) is 12.8. The summed E-state index contributed by atoms with van der Waals surface area (Å²) in [5.74, 6) is 3.01. The third-order valence-corrected chi connectivity index (χ3v) is 12.8. The monoisotopic (exact) mass is 420 g/mol. The van der Waals surface area contributed by atoms with Gasteiger partial charge in [-0.05, 0) is 92.8 Å². The third kappa shape index (κ3) is 2.06. The van der Waals surface area contributed by atoms with E-state index >= 15 is 0 Å². The van der Waals surface area contributed by atoms with Crippen LogP contribution in [0.15, 0.2) is 33.4 Å². The molecule has 7 atom stereocenters. The first-order valence-corrected chi connectivity index (χ1v) is 13.1. The molecule has 9 rings (SSSR count). The quantitative estimate of drug-likeness (QED) is 0.459. The van der Waals surface area contributed by atoms with Crippen molar-refractivity contribution in [1.82, 2.24) is 0 Å². The maximum absolute atomic E-state index is 12.0. The number of aliphatic hydroxyl groups is 1. The van der Waals surface area contributed by atoms with Crippen LogP contribution in [0.25, 0.3) is 0 Å². The predicted molar refractivity (Wildman–Crippen MR) is 128 cm³/mol. The van der Waals surface area contributed by atoms with Gasteiger partial charge in [0.1, 0.15) is 0 Å². The van der Waals surface area contributed by atoms with Crippen molar-refractivity contribution in [2.24, 2.45) is 51.2 Å². The molecule has 0 unspecified atom stereocenters. The van der Waals surface area contributed by atoms with Crippen LogP contribution in [0.5, 0.6) is 0 Å². The lowest BCUT2D eigenvalue weighted by Crippen LogP contribution is -2.63. The molecule has 1 nitrogen and oxygen atoms in total. The van der Waals surface area contributed by atoms with E-state index < -0.39 is 0 Å². The number of hydrogen-bond acceptors (Lipinski definition) is 1. The number of fused-ring (bicyclic) bond motifs is 8. The molecule has 3 saturated carbocycles. The zero-order valence-corrected chi connectivity index (χ0v) is 21.4. The number of allylic oxidation sites excluding steroid dienone is 5. The Balaban J connectivity index is 1.57. The summed E-state index contributed by atoms with van der Waals surface area (Å²) in [5.41, 5.74) is 11.2. The van der Waals surface area contributed by atoms with E-state index in [0.717, 1.165) is 18.3 Å². The van der Waals surface area contributed by atoms with Gasteiger partial charge in [-0.15, -0.1) is 0 Å². The van der Waals surface area contributed by atoms with E-state index in [2.05, 4.69) is 62.3 Å². The van der Waals surface area contributed by atoms with Gasteiger partial charge in [0.05, 0.1) is 6.10 Å². The Labute approximate surface area is 190 Å². The van der Waals surface area contributed by atoms with Crippen molar-refractivity contribution in [2.45, 2.75) is 101 Å². The zero-order valence-electron chi connectivity index (χ0n) is 21.4. The van der Waals surface area contributed by atoms with Gasteiger partial charge in [0, 0.05) is 11.3 Å². The fourth-order valence-corrected chi connectivity index (χ4v) is 10.3. The summed E-state index contributed by atoms with van der Waals surface area (Å²) in [4.78, 5) is 0. The average Bonchev–Trinajstić information content (AvgIpc) is 2.67. The Bertz CT molecular complexity index is 982. The summed E-state index contributed by atoms with van der Waals surface area (Å²) in [6, 6.07) is 0. The minimum atomic E-state index is -0.187. The van der Waals surface area contributed by atoms with Gasteiger partial charge in [0.2, 0.25) is 0 Å². The molecule has 0 aromatic carbocycles. The van der Waals surface area contributed by atoms with E-state index in [-0.39, 0.29) is 16.9 Å². The van der Waals surface area contributed by atoms with Crippen molar-refractivity contribution in [1.29, 1.82) is 0 Å². The van der Waals surface area contributed by atoms with E-state index in [1.165, 1.54) is 25.7 Å². The van der Waals surface area contributed by atoms with Crippen LogP contribution in [0.2, 0.25) is 0 Å². The van der Waals surface area contributed by atoms with Crippen molar-refractivity contribution in [2.75, 3.05) is 0 Å². The summed E-state index contributed by atoms with van der Waals surface area (Å²) in [6.07, 6.45) is 6.21. The van der Waals surface area contributed by atoms with Gasteiger partial charge in [0.25, 0.3) is 0 Å². The van der Waals surface area contributed by atoms with Crippen LogP contribution in [0, 0.1) is 51.2 Å². The van der Waals surface area contributed by atoms with Crippen LogP contribution in [-0.2, 0) is 0 Å². The van der Waals surface area contributed by atoms with Crippen molar-refractivity contribution in [3.8, 4) is 0 Å². The lowest BCUT2D eigenvalue weighted by Gasteiger charge is -2.69. The molecule has 170 valence electrons. The minimum absolute atomic E-state index is 0.141. The zero-order chi connectivity index (χ0) is 22.5. The highest BCUT2D eigenvalue weighted by Gasteiger charge is 2.67. The fraction of sp³-hybridized carbons (Fsp3) is 0.800. The van der Waals surface area contributed by atoms with E-state index in [0.29, 0.717) is 28.6 Å². The van der Waals surface area contributed by atoms with Gasteiger partial charge < -0.3 is 5.11 Å². The van der Waals surface area contributed by atoms with E-state index in [4.69, 9.17) is 0 Å². The van der Waals surface area contributed by atoms with Crippen LogP contribution in [0.4, 0.5) is 0 Å². The lowest BCUT2D eigenvalue weighted by molar-refractivity contribution is -0.110. The van der Waals surface area contributed by atoms with Crippen LogP contribution in [0.3, 0.4) is 0 Å². The smallest absolute Gasteiger partial charge is 0.0653 e. The minimum Gasteiger partial charge on any atom is -0.392 e. The number of aliphatic hydroxyl groups excluding tert-OH is 1. The molecule has 9 aliphatic carbocycles. The van der Waals surface area contributed by atoms with E-state index in [1.807, 2.05) is 0 Å². The molecule has 9 aliphatic rings. The number of rotatable bonds is 2. The molecule has 0 saturated heterocycles. The molecule has 0 aromatic rings. The highest BCUT2D eigenvalue weighted by atomic mass is 16.3. The second-order valence-corrected chi connectivity index (χ2v) is 14.2. The first-order valence-electron chi connectivity index (χ1n) is 13.1. The molecular weight excluding hydrogens is 376 g/mol. The summed E-state index contributed by atoms with van der Waals surface area (Å²) in [6.45, 7) is 22.1. The molecule has 0 spiro atoms. The van der Waals surface area contributed by atoms with Crippen LogP contribution >= 0.6 is 0 Å². The Morgan fingerprint density at radius 1 is 0.710 bits per heavy atom. The van der Waals surface area contributed by atoms with Crippen LogP contribution in [-0.4, -0.2) is 11.2 Å². The molecule has 0 radical (unpaired) electrons. The SMILES string of the molecule is CC1=C2C[C@@H](C[C@@H]1[C@]1([C@H]3C(C)=C4C[C@@H]([C@@H]3O)C4(C)C)C[C@H]3CC(=C1C)C3(C)C)C2(C)C. The topological polar surface area (TPSA) is 20.2 Å². The van der Waals surface area contributed by atoms with Crippen molar-refractivity contribution < 1.29 is 5.11 Å². The standard InChI is InChI=1S/C30H44O/c1-15-20-10-18(27(20,4)5)11-22(15)30(14-19-12-23(17(30)3)28(19,6)7)25-16(2)21-13-24(26(25)31)29(21,8)9/h18-19,22,24-26,31H,10-14H2,1-9H3/t18-,19+,22-,24-,25-,26-,30-/m0/s1. The van der Waals surface area contributed by atoms with Crippen molar-refractivity contribution >= 4 is 0 Å². The molecule has 3 fully saturated rings. The second-order valence-electron chi connectivity index (χ2n) is 14.2. The molecule has 0 aliphatic heterocycles. The van der Waals surface area contributed by atoms with Crippen molar-refractivity contribution in [3.05, 3.63) is 33.4 Å². The molecular formula is C30H44O. The number of hydrogen-bond donors (Lipinski definition) is 1. The van der Waals surface area contributed by atoms with Gasteiger partial charge in [-0.25, -0.2) is 0 Å². The Morgan fingerprint density at radius 2 is 1.29 bits per heavy atom. The van der Waals surface area contributed by atoms with Gasteiger partial charge in [-0.3, -0.25) is 0 Å². The Kier molecular flexibility index (Phi) is 3.77. The molecule has 1 N–H and O–H groups in total. The normalized spacial score (nSPS) is 48.2. The highest BCUT2D eigenvalue weighted by Crippen LogP contribution is 2.75. The van der Waals surface area contributed by atoms with E-state index in [1.54, 1.807) is 33.4 Å². The fourth-order valence-electron chi connectivity index (χ4n) is 10.3.